The van der Waals surface area contributed by atoms with E-state index in [1.807, 2.05) is 20.8 Å². The Morgan fingerprint density at radius 2 is 1.88 bits per heavy atom. The van der Waals surface area contributed by atoms with E-state index in [1.54, 1.807) is 0 Å². The lowest BCUT2D eigenvalue weighted by molar-refractivity contribution is -0.170. The highest BCUT2D eigenvalue weighted by atomic mass is 16.6. The number of carbonyl (C=O) groups excluding carboxylic acids is 3. The highest BCUT2D eigenvalue weighted by Crippen LogP contribution is 2.45. The van der Waals surface area contributed by atoms with Crippen LogP contribution >= 0.6 is 0 Å². The number of cyclic esters (lactones) is 1. The highest BCUT2D eigenvalue weighted by molar-refractivity contribution is 5.76. The smallest absolute Gasteiger partial charge is 0.311 e. The number of hydrogen-bond acceptors (Lipinski definition) is 6. The number of hydrogen-bond donors (Lipinski definition) is 0. The zero-order chi connectivity index (χ0) is 24.3. The molecule has 0 N–H and O–H groups in total. The van der Waals surface area contributed by atoms with Crippen molar-refractivity contribution in [2.45, 2.75) is 98.4 Å². The number of allylic oxidation sites excluding steroid dienone is 3. The molecule has 0 aromatic rings. The van der Waals surface area contributed by atoms with Crippen molar-refractivity contribution in [2.75, 3.05) is 0 Å². The van der Waals surface area contributed by atoms with Gasteiger partial charge in [-0.05, 0) is 62.9 Å². The van der Waals surface area contributed by atoms with E-state index in [4.69, 9.17) is 14.2 Å². The summed E-state index contributed by atoms with van der Waals surface area (Å²) in [4.78, 5) is 36.3. The lowest BCUT2D eigenvalue weighted by Gasteiger charge is -2.44. The van der Waals surface area contributed by atoms with Gasteiger partial charge < -0.3 is 14.2 Å². The van der Waals surface area contributed by atoms with E-state index in [0.717, 1.165) is 19.3 Å². The number of carbonyl (C=O) groups is 3. The monoisotopic (exact) mass is 460 g/mol. The summed E-state index contributed by atoms with van der Waals surface area (Å²) in [7, 11) is 0. The van der Waals surface area contributed by atoms with Gasteiger partial charge in [0.05, 0.1) is 11.8 Å². The van der Waals surface area contributed by atoms with Crippen molar-refractivity contribution in [3.63, 3.8) is 0 Å². The van der Waals surface area contributed by atoms with Crippen molar-refractivity contribution in [3.8, 4) is 0 Å². The SMILES string of the molecule is CCC(C)(C)C(=O)O[C@H]1C[C@@H](C)C=C2C=C[C@H](C)[C@H](CCC3C[C@@H](OC(C)=O)CC(=O)O3)C21. The van der Waals surface area contributed by atoms with Crippen LogP contribution in [0.15, 0.2) is 23.8 Å². The first-order valence-corrected chi connectivity index (χ1v) is 12.5. The summed E-state index contributed by atoms with van der Waals surface area (Å²) >= 11 is 0. The van der Waals surface area contributed by atoms with Crippen LogP contribution < -0.4 is 0 Å². The van der Waals surface area contributed by atoms with Gasteiger partial charge in [-0.2, -0.15) is 0 Å². The molecule has 2 unspecified atom stereocenters. The maximum absolute atomic E-state index is 12.9. The van der Waals surface area contributed by atoms with Crippen molar-refractivity contribution >= 4 is 17.9 Å². The predicted octanol–water partition coefficient (Wildman–Crippen LogP) is 5.16. The number of esters is 3. The Morgan fingerprint density at radius 3 is 2.55 bits per heavy atom. The molecule has 0 aromatic heterocycles. The molecule has 0 spiro atoms. The highest BCUT2D eigenvalue weighted by Gasteiger charge is 2.43. The van der Waals surface area contributed by atoms with E-state index in [1.165, 1.54) is 12.5 Å². The topological polar surface area (TPSA) is 78.9 Å². The molecule has 33 heavy (non-hydrogen) atoms. The summed E-state index contributed by atoms with van der Waals surface area (Å²) in [6, 6.07) is 0. The standard InChI is InChI=1S/C27H40O6/c1-7-27(5,6)26(30)33-23-13-16(2)12-19-9-8-17(3)22(25(19)23)11-10-20-14-21(31-18(4)28)15-24(29)32-20/h8-9,12,16-17,20-23,25H,7,10-11,13-15H2,1-6H3/t16-,17-,20?,21+,22-,23-,25?/m0/s1. The molecule has 0 aromatic carbocycles. The van der Waals surface area contributed by atoms with Crippen LogP contribution in [0.2, 0.25) is 0 Å². The van der Waals surface area contributed by atoms with Crippen molar-refractivity contribution in [1.82, 2.24) is 0 Å². The fourth-order valence-electron chi connectivity index (χ4n) is 5.39. The van der Waals surface area contributed by atoms with E-state index in [9.17, 15) is 14.4 Å². The summed E-state index contributed by atoms with van der Waals surface area (Å²) in [5, 5.41) is 0. The Kier molecular flexibility index (Phi) is 8.07. The number of fused-ring (bicyclic) bond motifs is 1. The van der Waals surface area contributed by atoms with E-state index in [-0.39, 0.29) is 48.4 Å². The second-order valence-electron chi connectivity index (χ2n) is 10.8. The molecule has 0 saturated carbocycles. The molecule has 3 rings (SSSR count). The molecular weight excluding hydrogens is 420 g/mol. The molecule has 184 valence electrons. The molecule has 2 aliphatic carbocycles. The Morgan fingerprint density at radius 1 is 1.15 bits per heavy atom. The molecule has 7 atom stereocenters. The maximum Gasteiger partial charge on any atom is 0.311 e. The number of ether oxygens (including phenoxy) is 3. The lowest BCUT2D eigenvalue weighted by Crippen LogP contribution is -2.43. The molecule has 1 fully saturated rings. The Balaban J connectivity index is 1.74. The van der Waals surface area contributed by atoms with Gasteiger partial charge in [-0.3, -0.25) is 14.4 Å². The van der Waals surface area contributed by atoms with Gasteiger partial charge in [0.1, 0.15) is 18.3 Å². The molecule has 0 bridgehead atoms. The zero-order valence-corrected chi connectivity index (χ0v) is 21.0. The third-order valence-electron chi connectivity index (χ3n) is 7.66. The van der Waals surface area contributed by atoms with E-state index < -0.39 is 11.5 Å². The molecule has 1 aliphatic heterocycles. The van der Waals surface area contributed by atoms with Gasteiger partial charge in [0.15, 0.2) is 0 Å². The maximum atomic E-state index is 12.9. The molecule has 6 heteroatoms. The first-order valence-electron chi connectivity index (χ1n) is 12.5. The van der Waals surface area contributed by atoms with Crippen LogP contribution in [0.4, 0.5) is 0 Å². The second kappa shape index (κ2) is 10.4. The van der Waals surface area contributed by atoms with Crippen LogP contribution in [0.1, 0.15) is 80.1 Å². The first-order chi connectivity index (χ1) is 15.5. The average Bonchev–Trinajstić information content (AvgIpc) is 2.72. The summed E-state index contributed by atoms with van der Waals surface area (Å²) in [6.45, 7) is 11.6. The van der Waals surface area contributed by atoms with Crippen LogP contribution in [0.25, 0.3) is 0 Å². The van der Waals surface area contributed by atoms with Gasteiger partial charge in [0, 0.05) is 19.3 Å². The minimum Gasteiger partial charge on any atom is -0.462 e. The summed E-state index contributed by atoms with van der Waals surface area (Å²) in [5.74, 6) is 0.283. The average molecular weight is 461 g/mol. The lowest BCUT2D eigenvalue weighted by atomic mass is 9.65. The van der Waals surface area contributed by atoms with E-state index in [0.29, 0.717) is 24.7 Å². The minimum atomic E-state index is -0.502. The third-order valence-corrected chi connectivity index (χ3v) is 7.66. The van der Waals surface area contributed by atoms with Gasteiger partial charge in [-0.15, -0.1) is 0 Å². The third kappa shape index (κ3) is 6.27. The van der Waals surface area contributed by atoms with Crippen LogP contribution in [-0.4, -0.2) is 36.2 Å². The minimum absolute atomic E-state index is 0.122. The fourth-order valence-corrected chi connectivity index (χ4v) is 5.39. The van der Waals surface area contributed by atoms with Crippen LogP contribution in [0.3, 0.4) is 0 Å². The summed E-state index contributed by atoms with van der Waals surface area (Å²) in [6.07, 6.45) is 9.70. The first kappa shape index (κ1) is 25.5. The van der Waals surface area contributed by atoms with E-state index in [2.05, 4.69) is 32.1 Å². The Bertz CT molecular complexity index is 807. The van der Waals surface area contributed by atoms with Crippen LogP contribution in [0.5, 0.6) is 0 Å². The van der Waals surface area contributed by atoms with Crippen molar-refractivity contribution < 1.29 is 28.6 Å². The van der Waals surface area contributed by atoms with Gasteiger partial charge in [-0.1, -0.05) is 39.0 Å². The van der Waals surface area contributed by atoms with Crippen LogP contribution in [0, 0.1) is 29.1 Å². The molecule has 6 nitrogen and oxygen atoms in total. The van der Waals surface area contributed by atoms with Crippen molar-refractivity contribution in [2.24, 2.45) is 29.1 Å². The fraction of sp³-hybridized carbons (Fsp3) is 0.741. The zero-order valence-electron chi connectivity index (χ0n) is 21.0. The molecule has 1 heterocycles. The van der Waals surface area contributed by atoms with Gasteiger partial charge in [0.25, 0.3) is 0 Å². The quantitative estimate of drug-likeness (QED) is 0.386. The number of rotatable bonds is 7. The van der Waals surface area contributed by atoms with Gasteiger partial charge >= 0.3 is 17.9 Å². The predicted molar refractivity (Wildman–Crippen MR) is 125 cm³/mol. The Labute approximate surface area is 198 Å². The molecule has 0 amide bonds. The van der Waals surface area contributed by atoms with Crippen molar-refractivity contribution in [3.05, 3.63) is 23.8 Å². The molecule has 3 aliphatic rings. The second-order valence-corrected chi connectivity index (χ2v) is 10.8. The van der Waals surface area contributed by atoms with Crippen molar-refractivity contribution in [1.29, 1.82) is 0 Å². The van der Waals surface area contributed by atoms with E-state index >= 15 is 0 Å². The van der Waals surface area contributed by atoms with Crippen LogP contribution in [-0.2, 0) is 28.6 Å². The molecule has 1 saturated heterocycles. The largest absolute Gasteiger partial charge is 0.462 e. The molecular formula is C27H40O6. The normalized spacial score (nSPS) is 34.1. The van der Waals surface area contributed by atoms with Gasteiger partial charge in [0.2, 0.25) is 0 Å². The molecule has 0 radical (unpaired) electrons. The summed E-state index contributed by atoms with van der Waals surface area (Å²) in [5.41, 5.74) is 0.750. The Hall–Kier alpha value is -2.11. The van der Waals surface area contributed by atoms with Gasteiger partial charge in [-0.25, -0.2) is 0 Å². The summed E-state index contributed by atoms with van der Waals surface area (Å²) < 4.78 is 17.0.